The van der Waals surface area contributed by atoms with Gasteiger partial charge in [0.25, 0.3) is 5.91 Å². The fraction of sp³-hybridized carbons (Fsp3) is 0.200. The number of amides is 1. The van der Waals surface area contributed by atoms with Gasteiger partial charge in [0.1, 0.15) is 13.2 Å². The number of aromatic nitrogens is 2. The SMILES string of the molecule is CN(Cc1cnn(-c2ccccc2)c1)C(=O)c1cc(Cl)c2c(c1)OCCO2. The predicted octanol–water partition coefficient (Wildman–Crippen LogP) is 3.57. The highest BCUT2D eigenvalue weighted by Crippen LogP contribution is 2.38. The highest BCUT2D eigenvalue weighted by atomic mass is 35.5. The van der Waals surface area contributed by atoms with Crippen LogP contribution in [0.5, 0.6) is 11.5 Å². The van der Waals surface area contributed by atoms with Gasteiger partial charge in [-0.3, -0.25) is 4.79 Å². The third-order valence-corrected chi connectivity index (χ3v) is 4.55. The van der Waals surface area contributed by atoms with Crippen LogP contribution in [0.3, 0.4) is 0 Å². The van der Waals surface area contributed by atoms with Gasteiger partial charge in [-0.05, 0) is 24.3 Å². The Bertz CT molecular complexity index is 972. The van der Waals surface area contributed by atoms with Gasteiger partial charge in [-0.2, -0.15) is 5.10 Å². The Kier molecular flexibility index (Phi) is 4.73. The second kappa shape index (κ2) is 7.32. The van der Waals surface area contributed by atoms with Gasteiger partial charge in [-0.15, -0.1) is 0 Å². The van der Waals surface area contributed by atoms with Crippen molar-refractivity contribution in [2.24, 2.45) is 0 Å². The van der Waals surface area contributed by atoms with E-state index < -0.39 is 0 Å². The highest BCUT2D eigenvalue weighted by molar-refractivity contribution is 6.32. The molecule has 7 heteroatoms. The summed E-state index contributed by atoms with van der Waals surface area (Å²) in [6.45, 7) is 1.32. The molecule has 2 aromatic carbocycles. The van der Waals surface area contributed by atoms with Crippen molar-refractivity contribution in [1.82, 2.24) is 14.7 Å². The predicted molar refractivity (Wildman–Crippen MR) is 102 cm³/mol. The maximum absolute atomic E-state index is 12.8. The molecule has 27 heavy (non-hydrogen) atoms. The average Bonchev–Trinajstić information content (AvgIpc) is 3.16. The van der Waals surface area contributed by atoms with Gasteiger partial charge >= 0.3 is 0 Å². The quantitative estimate of drug-likeness (QED) is 0.691. The number of halogens is 1. The summed E-state index contributed by atoms with van der Waals surface area (Å²) < 4.78 is 12.8. The third kappa shape index (κ3) is 3.61. The van der Waals surface area contributed by atoms with Crippen LogP contribution >= 0.6 is 11.6 Å². The molecule has 0 N–H and O–H groups in total. The summed E-state index contributed by atoms with van der Waals surface area (Å²) in [5, 5.41) is 4.74. The molecule has 1 aliphatic rings. The summed E-state index contributed by atoms with van der Waals surface area (Å²) in [5.74, 6) is 0.843. The van der Waals surface area contributed by atoms with E-state index in [9.17, 15) is 4.79 Å². The maximum atomic E-state index is 12.8. The summed E-state index contributed by atoms with van der Waals surface area (Å²) in [6, 6.07) is 13.1. The monoisotopic (exact) mass is 383 g/mol. The second-order valence-electron chi connectivity index (χ2n) is 6.27. The largest absolute Gasteiger partial charge is 0.486 e. The smallest absolute Gasteiger partial charge is 0.254 e. The lowest BCUT2D eigenvalue weighted by molar-refractivity contribution is 0.0784. The van der Waals surface area contributed by atoms with Crippen molar-refractivity contribution in [2.45, 2.75) is 6.54 Å². The van der Waals surface area contributed by atoms with Crippen molar-refractivity contribution in [3.8, 4) is 17.2 Å². The van der Waals surface area contributed by atoms with Crippen LogP contribution in [-0.2, 0) is 6.54 Å². The normalized spacial score (nSPS) is 12.7. The number of hydrogen-bond acceptors (Lipinski definition) is 4. The first-order valence-electron chi connectivity index (χ1n) is 8.55. The molecule has 6 nitrogen and oxygen atoms in total. The minimum atomic E-state index is -0.152. The van der Waals surface area contributed by atoms with Crippen molar-refractivity contribution >= 4 is 17.5 Å². The molecule has 0 spiro atoms. The minimum Gasteiger partial charge on any atom is -0.486 e. The van der Waals surface area contributed by atoms with Crippen LogP contribution in [-0.4, -0.2) is 40.8 Å². The lowest BCUT2D eigenvalue weighted by Crippen LogP contribution is -2.26. The number of para-hydroxylation sites is 1. The fourth-order valence-corrected chi connectivity index (χ4v) is 3.23. The van der Waals surface area contributed by atoms with E-state index >= 15 is 0 Å². The molecule has 138 valence electrons. The van der Waals surface area contributed by atoms with E-state index in [4.69, 9.17) is 21.1 Å². The van der Waals surface area contributed by atoms with Gasteiger partial charge in [-0.1, -0.05) is 29.8 Å². The molecular weight excluding hydrogens is 366 g/mol. The molecule has 0 radical (unpaired) electrons. The number of fused-ring (bicyclic) bond motifs is 1. The molecule has 0 aliphatic carbocycles. The van der Waals surface area contributed by atoms with E-state index in [-0.39, 0.29) is 5.91 Å². The second-order valence-corrected chi connectivity index (χ2v) is 6.68. The van der Waals surface area contributed by atoms with Crippen molar-refractivity contribution in [1.29, 1.82) is 0 Å². The molecule has 1 aliphatic heterocycles. The average molecular weight is 384 g/mol. The van der Waals surface area contributed by atoms with Crippen LogP contribution in [0.2, 0.25) is 5.02 Å². The molecule has 0 saturated carbocycles. The van der Waals surface area contributed by atoms with Gasteiger partial charge in [0, 0.05) is 30.9 Å². The van der Waals surface area contributed by atoms with Crippen LogP contribution in [0, 0.1) is 0 Å². The molecule has 1 aromatic heterocycles. The summed E-state index contributed by atoms with van der Waals surface area (Å²) in [7, 11) is 1.74. The van der Waals surface area contributed by atoms with Gasteiger partial charge in [0.15, 0.2) is 11.5 Å². The van der Waals surface area contributed by atoms with E-state index in [1.165, 1.54) is 0 Å². The molecule has 0 bridgehead atoms. The molecule has 0 saturated heterocycles. The maximum Gasteiger partial charge on any atom is 0.254 e. The Labute approximate surface area is 161 Å². The molecule has 0 unspecified atom stereocenters. The van der Waals surface area contributed by atoms with Crippen molar-refractivity contribution in [3.63, 3.8) is 0 Å². The lowest BCUT2D eigenvalue weighted by Gasteiger charge is -2.21. The van der Waals surface area contributed by atoms with E-state index in [0.29, 0.717) is 41.8 Å². The Morgan fingerprint density at radius 1 is 1.22 bits per heavy atom. The van der Waals surface area contributed by atoms with E-state index in [1.54, 1.807) is 35.0 Å². The summed E-state index contributed by atoms with van der Waals surface area (Å²) in [5.41, 5.74) is 2.36. The van der Waals surface area contributed by atoms with Crippen molar-refractivity contribution in [2.75, 3.05) is 20.3 Å². The van der Waals surface area contributed by atoms with Gasteiger partial charge < -0.3 is 14.4 Å². The Morgan fingerprint density at radius 2 is 2.00 bits per heavy atom. The van der Waals surface area contributed by atoms with Crippen LogP contribution in [0.1, 0.15) is 15.9 Å². The molecule has 3 aromatic rings. The summed E-state index contributed by atoms with van der Waals surface area (Å²) >= 11 is 6.24. The number of ether oxygens (including phenoxy) is 2. The number of benzene rings is 2. The Hall–Kier alpha value is -2.99. The number of carbonyl (C=O) groups excluding carboxylic acids is 1. The Balaban J connectivity index is 1.50. The first-order valence-corrected chi connectivity index (χ1v) is 8.93. The van der Waals surface area contributed by atoms with Crippen molar-refractivity contribution in [3.05, 3.63) is 71.0 Å². The van der Waals surface area contributed by atoms with Crippen LogP contribution < -0.4 is 9.47 Å². The zero-order valence-electron chi connectivity index (χ0n) is 14.8. The topological polar surface area (TPSA) is 56.6 Å². The Morgan fingerprint density at radius 3 is 2.81 bits per heavy atom. The van der Waals surface area contributed by atoms with Crippen LogP contribution in [0.15, 0.2) is 54.9 Å². The fourth-order valence-electron chi connectivity index (χ4n) is 2.96. The molecule has 2 heterocycles. The van der Waals surface area contributed by atoms with Gasteiger partial charge in [-0.25, -0.2) is 4.68 Å². The van der Waals surface area contributed by atoms with E-state index in [1.807, 2.05) is 36.5 Å². The lowest BCUT2D eigenvalue weighted by atomic mass is 10.1. The first-order chi connectivity index (χ1) is 13.1. The van der Waals surface area contributed by atoms with Crippen molar-refractivity contribution < 1.29 is 14.3 Å². The number of carbonyl (C=O) groups is 1. The summed E-state index contributed by atoms with van der Waals surface area (Å²) in [4.78, 5) is 14.4. The van der Waals surface area contributed by atoms with Gasteiger partial charge in [0.05, 0.1) is 16.9 Å². The standard InChI is InChI=1S/C20H18ClN3O3/c1-23(12-14-11-22-24(13-14)16-5-3-2-4-6-16)20(25)15-9-17(21)19-18(10-15)26-7-8-27-19/h2-6,9-11,13H,7-8,12H2,1H3. The molecule has 4 rings (SSSR count). The van der Waals surface area contributed by atoms with E-state index in [0.717, 1.165) is 11.3 Å². The summed E-state index contributed by atoms with van der Waals surface area (Å²) in [6.07, 6.45) is 3.67. The zero-order chi connectivity index (χ0) is 18.8. The molecule has 0 atom stereocenters. The third-order valence-electron chi connectivity index (χ3n) is 4.27. The number of hydrogen-bond donors (Lipinski definition) is 0. The number of rotatable bonds is 4. The van der Waals surface area contributed by atoms with Crippen LogP contribution in [0.4, 0.5) is 0 Å². The zero-order valence-corrected chi connectivity index (χ0v) is 15.5. The first kappa shape index (κ1) is 17.4. The molecular formula is C20H18ClN3O3. The molecule has 1 amide bonds. The minimum absolute atomic E-state index is 0.152. The van der Waals surface area contributed by atoms with Gasteiger partial charge in [0.2, 0.25) is 0 Å². The van der Waals surface area contributed by atoms with Crippen LogP contribution in [0.25, 0.3) is 5.69 Å². The number of nitrogens with zero attached hydrogens (tertiary/aromatic N) is 3. The highest BCUT2D eigenvalue weighted by Gasteiger charge is 2.21. The molecule has 0 fully saturated rings. The van der Waals surface area contributed by atoms with E-state index in [2.05, 4.69) is 5.10 Å².